The van der Waals surface area contributed by atoms with Crippen molar-refractivity contribution in [2.24, 2.45) is 0 Å². The summed E-state index contributed by atoms with van der Waals surface area (Å²) in [6.07, 6.45) is -3.05. The number of H-pyrrole nitrogens is 1. The van der Waals surface area contributed by atoms with Gasteiger partial charge in [-0.15, -0.1) is 0 Å². The number of ether oxygens (including phenoxy) is 3. The van der Waals surface area contributed by atoms with Gasteiger partial charge in [-0.1, -0.05) is 11.6 Å². The lowest BCUT2D eigenvalue weighted by atomic mass is 10.2. The van der Waals surface area contributed by atoms with Crippen LogP contribution < -0.4 is 29.8 Å². The number of methoxy groups -OCH3 is 2. The summed E-state index contributed by atoms with van der Waals surface area (Å²) in [5.41, 5.74) is -1.96. The highest BCUT2D eigenvalue weighted by Gasteiger charge is 2.52. The normalized spacial score (nSPS) is 17.6. The van der Waals surface area contributed by atoms with Gasteiger partial charge in [-0.3, -0.25) is 18.9 Å². The molecule has 1 aliphatic heterocycles. The molecule has 10 nitrogen and oxygen atoms in total. The maximum atomic E-state index is 14.8. The van der Waals surface area contributed by atoms with Crippen molar-refractivity contribution in [2.45, 2.75) is 24.7 Å². The zero-order valence-electron chi connectivity index (χ0n) is 21.0. The summed E-state index contributed by atoms with van der Waals surface area (Å²) in [6.45, 7) is -2.09. The average Bonchev–Trinajstić information content (AvgIpc) is 3.24. The smallest absolute Gasteiger partial charge is 0.463 e. The molecule has 0 bridgehead atoms. The third-order valence-corrected chi connectivity index (χ3v) is 6.55. The van der Waals surface area contributed by atoms with Crippen LogP contribution in [0.2, 0.25) is 5.02 Å². The number of rotatable bonds is 10. The van der Waals surface area contributed by atoms with Crippen LogP contribution in [0.25, 0.3) is 0 Å². The molecule has 2 aromatic carbocycles. The SMILES string of the molecule is COc1ccc(OP(OCC2CC(F)(F)C(n3cc(Cl)c(=O)[nH]c3=O)O2)Oc2ccc(OC)cc2)cc1.FCF. The summed E-state index contributed by atoms with van der Waals surface area (Å²) in [5, 5.41) is -0.428. The molecule has 2 heterocycles. The molecule has 0 saturated carbocycles. The molecule has 0 spiro atoms. The average molecular weight is 611 g/mol. The predicted molar refractivity (Wildman–Crippen MR) is 137 cm³/mol. The standard InChI is InChI=1S/C23H22ClF2N2O8P.CH2F2/c1-31-14-3-7-16(8-4-14)35-37(36-17-9-5-15(32-2)6-10-17)33-13-18-11-23(25,26)21(34-18)28-12-19(24)20(29)27-22(28)30;2-1-3/h3-10,12,18,21H,11,13H2,1-2H3,(H,27,29,30);1H2. The molecular formula is C24H24ClF4N2O8P. The van der Waals surface area contributed by atoms with Crippen LogP contribution in [0.5, 0.6) is 23.0 Å². The number of nitrogens with one attached hydrogen (secondary N) is 1. The Morgan fingerprint density at radius 3 is 1.93 bits per heavy atom. The van der Waals surface area contributed by atoms with Crippen molar-refractivity contribution in [1.82, 2.24) is 9.55 Å². The number of aromatic amines is 1. The Bertz CT molecular complexity index is 1290. The van der Waals surface area contributed by atoms with E-state index in [0.717, 1.165) is 6.20 Å². The lowest BCUT2D eigenvalue weighted by Crippen LogP contribution is -2.38. The van der Waals surface area contributed by atoms with Gasteiger partial charge in [-0.25, -0.2) is 22.4 Å². The Morgan fingerprint density at radius 1 is 0.975 bits per heavy atom. The summed E-state index contributed by atoms with van der Waals surface area (Å²) in [5.74, 6) is -1.44. The van der Waals surface area contributed by atoms with Gasteiger partial charge in [0.05, 0.1) is 26.9 Å². The summed E-state index contributed by atoms with van der Waals surface area (Å²) in [7, 11) is 0.936. The van der Waals surface area contributed by atoms with Crippen molar-refractivity contribution in [2.75, 3.05) is 27.8 Å². The summed E-state index contributed by atoms with van der Waals surface area (Å²) in [6, 6.07) is 13.2. The second-order valence-electron chi connectivity index (χ2n) is 7.87. The van der Waals surface area contributed by atoms with Gasteiger partial charge in [0, 0.05) is 12.6 Å². The van der Waals surface area contributed by atoms with Gasteiger partial charge in [0.1, 0.15) is 28.0 Å². The second-order valence-corrected chi connectivity index (χ2v) is 9.35. The van der Waals surface area contributed by atoms with Crippen LogP contribution in [0.4, 0.5) is 17.6 Å². The van der Waals surface area contributed by atoms with Crippen molar-refractivity contribution in [3.05, 3.63) is 80.6 Å². The summed E-state index contributed by atoms with van der Waals surface area (Å²) >= 11 is 5.71. The van der Waals surface area contributed by atoms with Gasteiger partial charge >= 0.3 is 14.3 Å². The number of halogens is 5. The van der Waals surface area contributed by atoms with Crippen LogP contribution >= 0.6 is 20.2 Å². The molecule has 1 aliphatic rings. The number of benzene rings is 2. The van der Waals surface area contributed by atoms with E-state index in [9.17, 15) is 27.2 Å². The van der Waals surface area contributed by atoms with E-state index < -0.39 is 56.5 Å². The van der Waals surface area contributed by atoms with E-state index in [4.69, 9.17) is 39.4 Å². The van der Waals surface area contributed by atoms with Gasteiger partial charge in [0.25, 0.3) is 11.5 Å². The highest BCUT2D eigenvalue weighted by atomic mass is 35.5. The van der Waals surface area contributed by atoms with E-state index in [2.05, 4.69) is 0 Å². The van der Waals surface area contributed by atoms with Gasteiger partial charge in [0.2, 0.25) is 13.2 Å². The first kappa shape index (κ1) is 31.2. The Kier molecular flexibility index (Phi) is 11.2. The van der Waals surface area contributed by atoms with Crippen molar-refractivity contribution in [1.29, 1.82) is 0 Å². The molecule has 1 saturated heterocycles. The number of aromatic nitrogens is 2. The lowest BCUT2D eigenvalue weighted by Gasteiger charge is -2.20. The molecule has 0 aliphatic carbocycles. The van der Waals surface area contributed by atoms with Crippen LogP contribution in [0.1, 0.15) is 12.6 Å². The van der Waals surface area contributed by atoms with Crippen LogP contribution in [0.15, 0.2) is 64.3 Å². The molecule has 1 fully saturated rings. The van der Waals surface area contributed by atoms with E-state index >= 15 is 0 Å². The van der Waals surface area contributed by atoms with Crippen molar-refractivity contribution in [3.63, 3.8) is 0 Å². The molecule has 0 radical (unpaired) electrons. The largest absolute Gasteiger partial charge is 0.497 e. The van der Waals surface area contributed by atoms with E-state index in [1.807, 2.05) is 4.98 Å². The van der Waals surface area contributed by atoms with Crippen LogP contribution in [0.3, 0.4) is 0 Å². The van der Waals surface area contributed by atoms with Crippen molar-refractivity contribution in [3.8, 4) is 23.0 Å². The lowest BCUT2D eigenvalue weighted by molar-refractivity contribution is -0.119. The third-order valence-electron chi connectivity index (χ3n) is 5.20. The predicted octanol–water partition coefficient (Wildman–Crippen LogP) is 5.41. The molecule has 2 unspecified atom stereocenters. The highest BCUT2D eigenvalue weighted by molar-refractivity contribution is 7.42. The third kappa shape index (κ3) is 8.34. The second kappa shape index (κ2) is 14.4. The maximum Gasteiger partial charge on any atom is 0.463 e. The molecule has 16 heteroatoms. The fraction of sp³-hybridized carbons (Fsp3) is 0.333. The quantitative estimate of drug-likeness (QED) is 0.240. The monoisotopic (exact) mass is 610 g/mol. The minimum Gasteiger partial charge on any atom is -0.497 e. The molecule has 0 amide bonds. The van der Waals surface area contributed by atoms with E-state index in [1.165, 1.54) is 14.2 Å². The molecule has 1 aromatic heterocycles. The number of alkyl halides is 4. The number of nitrogens with zero attached hydrogens (tertiary/aromatic N) is 1. The maximum absolute atomic E-state index is 14.8. The molecule has 218 valence electrons. The van der Waals surface area contributed by atoms with Crippen LogP contribution in [0, 0.1) is 0 Å². The van der Waals surface area contributed by atoms with Gasteiger partial charge in [0.15, 0.2) is 0 Å². The molecule has 1 N–H and O–H groups in total. The minimum absolute atomic E-state index is 0.337. The number of hydrogen-bond acceptors (Lipinski definition) is 8. The Morgan fingerprint density at radius 2 is 1.45 bits per heavy atom. The van der Waals surface area contributed by atoms with Crippen LogP contribution in [-0.4, -0.2) is 49.3 Å². The van der Waals surface area contributed by atoms with Crippen molar-refractivity contribution >= 4 is 20.2 Å². The first-order valence-corrected chi connectivity index (χ1v) is 12.8. The Labute approximate surface area is 231 Å². The first-order chi connectivity index (χ1) is 19.1. The molecule has 40 heavy (non-hydrogen) atoms. The van der Waals surface area contributed by atoms with Gasteiger partial charge < -0.3 is 23.3 Å². The van der Waals surface area contributed by atoms with Gasteiger partial charge in [-0.05, 0) is 48.5 Å². The fourth-order valence-electron chi connectivity index (χ4n) is 3.40. The molecular weight excluding hydrogens is 587 g/mol. The van der Waals surface area contributed by atoms with E-state index in [-0.39, 0.29) is 6.61 Å². The number of hydrogen-bond donors (Lipinski definition) is 1. The highest BCUT2D eigenvalue weighted by Crippen LogP contribution is 2.46. The fourth-order valence-corrected chi connectivity index (χ4v) is 4.57. The van der Waals surface area contributed by atoms with Gasteiger partial charge in [-0.2, -0.15) is 0 Å². The molecule has 4 rings (SSSR count). The zero-order chi connectivity index (χ0) is 29.3. The van der Waals surface area contributed by atoms with E-state index in [1.54, 1.807) is 48.5 Å². The molecule has 2 atom stereocenters. The van der Waals surface area contributed by atoms with E-state index in [0.29, 0.717) is 27.6 Å². The summed E-state index contributed by atoms with van der Waals surface area (Å²) < 4.78 is 82.4. The first-order valence-electron chi connectivity index (χ1n) is 11.3. The zero-order valence-corrected chi connectivity index (χ0v) is 22.7. The minimum atomic E-state index is -3.45. The Hall–Kier alpha value is -3.32. The topological polar surface area (TPSA) is 110 Å². The molecule has 3 aromatic rings. The van der Waals surface area contributed by atoms with Crippen LogP contribution in [-0.2, 0) is 9.26 Å². The van der Waals surface area contributed by atoms with Crippen molar-refractivity contribution < 1.29 is 45.3 Å². The Balaban J connectivity index is 0.00000141. The summed E-state index contributed by atoms with van der Waals surface area (Å²) in [4.78, 5) is 25.5.